The third kappa shape index (κ3) is 8.81. The van der Waals surface area contributed by atoms with Gasteiger partial charge in [0.15, 0.2) is 5.11 Å². The number of nitrogens with zero attached hydrogens (tertiary/aromatic N) is 1. The van der Waals surface area contributed by atoms with Gasteiger partial charge in [-0.25, -0.2) is 5.84 Å². The van der Waals surface area contributed by atoms with Crippen LogP contribution in [-0.2, 0) is 9.59 Å². The quantitative estimate of drug-likeness (QED) is 0.184. The summed E-state index contributed by atoms with van der Waals surface area (Å²) < 4.78 is 0. The van der Waals surface area contributed by atoms with Gasteiger partial charge in [0.1, 0.15) is 12.1 Å². The Morgan fingerprint density at radius 3 is 2.45 bits per heavy atom. The van der Waals surface area contributed by atoms with E-state index in [0.717, 1.165) is 51.7 Å². The molecule has 2 rings (SSSR count). The minimum absolute atomic E-state index is 0.116. The number of unbranched alkanes of at least 4 members (excludes halogenated alkanes) is 1. The standard InChI is InChI=1S/C18H32N2O4.CH5N3S/c1-3-4-7-20(12(2)17(21)22)11-13-5-6-14-10-19-16(18(23)24)9-15(14)8-13;2-1(5)4-3/h12-16,19H,3-11H2,1-2H3,(H,21,22)(H,23,24);3H2,(H3,2,4,5). The lowest BCUT2D eigenvalue weighted by molar-refractivity contribution is -0.144. The number of hydrogen-bond donors (Lipinski definition) is 6. The maximum absolute atomic E-state index is 11.4. The van der Waals surface area contributed by atoms with E-state index in [1.54, 1.807) is 6.92 Å². The van der Waals surface area contributed by atoms with E-state index in [4.69, 9.17) is 5.73 Å². The molecule has 29 heavy (non-hydrogen) atoms. The molecule has 0 aromatic rings. The number of piperidine rings is 1. The number of aliphatic carboxylic acids is 2. The molecule has 8 N–H and O–H groups in total. The van der Waals surface area contributed by atoms with E-state index in [1.165, 1.54) is 0 Å². The van der Waals surface area contributed by atoms with Crippen molar-refractivity contribution in [3.05, 3.63) is 0 Å². The molecular weight excluding hydrogens is 394 g/mol. The molecular formula is C19H37N5O4S. The molecule has 0 aromatic carbocycles. The summed E-state index contributed by atoms with van der Waals surface area (Å²) in [6.07, 6.45) is 6.06. The van der Waals surface area contributed by atoms with E-state index >= 15 is 0 Å². The highest BCUT2D eigenvalue weighted by Crippen LogP contribution is 2.39. The molecule has 1 saturated carbocycles. The average Bonchev–Trinajstić information content (AvgIpc) is 2.70. The smallest absolute Gasteiger partial charge is 0.320 e. The molecule has 0 amide bonds. The largest absolute Gasteiger partial charge is 0.480 e. The molecule has 168 valence electrons. The lowest BCUT2D eigenvalue weighted by Gasteiger charge is -2.43. The first-order valence-corrected chi connectivity index (χ1v) is 10.8. The minimum atomic E-state index is -0.757. The molecule has 5 unspecified atom stereocenters. The highest BCUT2D eigenvalue weighted by molar-refractivity contribution is 7.80. The molecule has 0 radical (unpaired) electrons. The first-order chi connectivity index (χ1) is 13.7. The Kier molecular flexibility index (Phi) is 11.4. The van der Waals surface area contributed by atoms with Crippen molar-refractivity contribution < 1.29 is 19.8 Å². The predicted molar refractivity (Wildman–Crippen MR) is 116 cm³/mol. The second kappa shape index (κ2) is 12.9. The van der Waals surface area contributed by atoms with Crippen LogP contribution < -0.4 is 22.3 Å². The fourth-order valence-corrected chi connectivity index (χ4v) is 4.31. The van der Waals surface area contributed by atoms with Crippen LogP contribution >= 0.6 is 12.2 Å². The van der Waals surface area contributed by atoms with Gasteiger partial charge in [-0.1, -0.05) is 13.3 Å². The summed E-state index contributed by atoms with van der Waals surface area (Å²) in [5.41, 5.74) is 6.82. The average molecular weight is 432 g/mol. The van der Waals surface area contributed by atoms with E-state index in [2.05, 4.69) is 35.2 Å². The maximum Gasteiger partial charge on any atom is 0.320 e. The highest BCUT2D eigenvalue weighted by atomic mass is 32.1. The Hall–Kier alpha value is -1.49. The summed E-state index contributed by atoms with van der Waals surface area (Å²) in [5.74, 6) is 4.67. The molecule has 9 nitrogen and oxygen atoms in total. The van der Waals surface area contributed by atoms with Gasteiger partial charge in [-0.2, -0.15) is 0 Å². The van der Waals surface area contributed by atoms with Gasteiger partial charge in [0, 0.05) is 6.54 Å². The van der Waals surface area contributed by atoms with Gasteiger partial charge in [0.2, 0.25) is 0 Å². The zero-order valence-corrected chi connectivity index (χ0v) is 18.3. The van der Waals surface area contributed by atoms with Crippen LogP contribution in [0, 0.1) is 17.8 Å². The summed E-state index contributed by atoms with van der Waals surface area (Å²) in [7, 11) is 0. The van der Waals surface area contributed by atoms with Gasteiger partial charge < -0.3 is 26.7 Å². The van der Waals surface area contributed by atoms with E-state index in [-0.39, 0.29) is 5.11 Å². The SMILES string of the molecule is CCCCN(CC1CCC2CNC(C(=O)O)CC2C1)C(C)C(=O)O.NNC(N)=S. The van der Waals surface area contributed by atoms with Crippen molar-refractivity contribution in [2.75, 3.05) is 19.6 Å². The summed E-state index contributed by atoms with van der Waals surface area (Å²) >= 11 is 4.24. The molecule has 5 atom stereocenters. The maximum atomic E-state index is 11.4. The van der Waals surface area contributed by atoms with E-state index in [1.807, 2.05) is 5.43 Å². The van der Waals surface area contributed by atoms with Crippen molar-refractivity contribution in [1.82, 2.24) is 15.6 Å². The Bertz CT molecular complexity index is 551. The van der Waals surface area contributed by atoms with Crippen LogP contribution in [0.2, 0.25) is 0 Å². The van der Waals surface area contributed by atoms with Crippen LogP contribution in [0.4, 0.5) is 0 Å². The number of nitrogens with one attached hydrogen (secondary N) is 2. The second-order valence-corrected chi connectivity index (χ2v) is 8.55. The number of thiocarbonyl (C=S) groups is 1. The summed E-state index contributed by atoms with van der Waals surface area (Å²) in [4.78, 5) is 24.7. The molecule has 1 aliphatic heterocycles. The fourth-order valence-electron chi connectivity index (χ4n) is 4.31. The number of rotatable bonds is 8. The second-order valence-electron chi connectivity index (χ2n) is 8.11. The molecule has 10 heteroatoms. The highest BCUT2D eigenvalue weighted by Gasteiger charge is 2.38. The minimum Gasteiger partial charge on any atom is -0.480 e. The van der Waals surface area contributed by atoms with E-state index < -0.39 is 24.0 Å². The number of carboxylic acid groups (broad SMARTS) is 2. The molecule has 0 bridgehead atoms. The molecule has 0 aromatic heterocycles. The number of hydrazine groups is 1. The normalized spacial score (nSPS) is 27.2. The third-order valence-electron chi connectivity index (χ3n) is 6.05. The zero-order valence-electron chi connectivity index (χ0n) is 17.5. The van der Waals surface area contributed by atoms with E-state index in [9.17, 15) is 19.8 Å². The van der Waals surface area contributed by atoms with Gasteiger partial charge in [-0.15, -0.1) is 0 Å². The van der Waals surface area contributed by atoms with Gasteiger partial charge in [-0.3, -0.25) is 14.5 Å². The number of nitrogens with two attached hydrogens (primary N) is 2. The lowest BCUT2D eigenvalue weighted by atomic mass is 9.69. The summed E-state index contributed by atoms with van der Waals surface area (Å²) in [6, 6.07) is -0.867. The van der Waals surface area contributed by atoms with Crippen molar-refractivity contribution >= 4 is 29.3 Å². The van der Waals surface area contributed by atoms with Crippen LogP contribution in [0.3, 0.4) is 0 Å². The van der Waals surface area contributed by atoms with Crippen LogP contribution in [0.15, 0.2) is 0 Å². The topological polar surface area (TPSA) is 154 Å². The summed E-state index contributed by atoms with van der Waals surface area (Å²) in [6.45, 7) is 6.35. The molecule has 1 saturated heterocycles. The number of fused-ring (bicyclic) bond motifs is 1. The van der Waals surface area contributed by atoms with Gasteiger partial charge in [-0.05, 0) is 82.1 Å². The number of hydrogen-bond acceptors (Lipinski definition) is 6. The Labute approximate surface area is 178 Å². The Morgan fingerprint density at radius 2 is 1.93 bits per heavy atom. The van der Waals surface area contributed by atoms with Gasteiger partial charge in [0.25, 0.3) is 0 Å². The first kappa shape index (κ1) is 25.5. The first-order valence-electron chi connectivity index (χ1n) is 10.4. The molecule has 1 heterocycles. The Morgan fingerprint density at radius 1 is 1.28 bits per heavy atom. The third-order valence-corrected chi connectivity index (χ3v) is 6.17. The van der Waals surface area contributed by atoms with Gasteiger partial charge in [0.05, 0.1) is 0 Å². The monoisotopic (exact) mass is 431 g/mol. The van der Waals surface area contributed by atoms with E-state index in [0.29, 0.717) is 24.2 Å². The van der Waals surface area contributed by atoms with Gasteiger partial charge >= 0.3 is 11.9 Å². The van der Waals surface area contributed by atoms with Crippen molar-refractivity contribution in [3.63, 3.8) is 0 Å². The van der Waals surface area contributed by atoms with Crippen LogP contribution in [-0.4, -0.2) is 63.9 Å². The molecule has 1 aliphatic carbocycles. The van der Waals surface area contributed by atoms with Crippen molar-refractivity contribution in [2.45, 2.75) is 64.5 Å². The zero-order chi connectivity index (χ0) is 22.0. The van der Waals surface area contributed by atoms with Crippen LogP contribution in [0.5, 0.6) is 0 Å². The van der Waals surface area contributed by atoms with Crippen molar-refractivity contribution in [1.29, 1.82) is 0 Å². The molecule has 0 spiro atoms. The molecule has 2 aliphatic rings. The predicted octanol–water partition coefficient (Wildman–Crippen LogP) is 0.734. The molecule has 2 fully saturated rings. The number of carboxylic acids is 2. The van der Waals surface area contributed by atoms with Crippen molar-refractivity contribution in [3.8, 4) is 0 Å². The number of carbonyl (C=O) groups is 2. The van der Waals surface area contributed by atoms with Crippen molar-refractivity contribution in [2.24, 2.45) is 29.3 Å². The Balaban J connectivity index is 0.000000749. The van der Waals surface area contributed by atoms with Crippen LogP contribution in [0.1, 0.15) is 52.4 Å². The lowest BCUT2D eigenvalue weighted by Crippen LogP contribution is -2.50. The van der Waals surface area contributed by atoms with Crippen LogP contribution in [0.25, 0.3) is 0 Å². The summed E-state index contributed by atoms with van der Waals surface area (Å²) in [5, 5.41) is 21.8. The fraction of sp³-hybridized carbons (Fsp3) is 0.842.